The lowest BCUT2D eigenvalue weighted by Gasteiger charge is -2.23. The van der Waals surface area contributed by atoms with Crippen molar-refractivity contribution in [2.24, 2.45) is 0 Å². The van der Waals surface area contributed by atoms with Crippen LogP contribution in [0.2, 0.25) is 0 Å². The van der Waals surface area contributed by atoms with Crippen LogP contribution < -0.4 is 14.4 Å². The molecule has 0 spiro atoms. The lowest BCUT2D eigenvalue weighted by Crippen LogP contribution is -2.29. The van der Waals surface area contributed by atoms with Gasteiger partial charge in [-0.15, -0.1) is 0 Å². The number of aryl methyl sites for hydroxylation is 1. The molecule has 0 radical (unpaired) electrons. The van der Waals surface area contributed by atoms with Crippen molar-refractivity contribution in [3.8, 4) is 17.2 Å². The summed E-state index contributed by atoms with van der Waals surface area (Å²) in [5.41, 5.74) is 0.589. The molecule has 0 unspecified atom stereocenters. The summed E-state index contributed by atoms with van der Waals surface area (Å²) in [6.07, 6.45) is 0.846. The van der Waals surface area contributed by atoms with Crippen LogP contribution in [0.5, 0.6) is 17.2 Å². The zero-order valence-corrected chi connectivity index (χ0v) is 20.8. The van der Waals surface area contributed by atoms with Crippen LogP contribution in [0.1, 0.15) is 36.3 Å². The van der Waals surface area contributed by atoms with E-state index in [1.54, 1.807) is 37.3 Å². The van der Waals surface area contributed by atoms with Crippen LogP contribution in [0.15, 0.2) is 57.0 Å². The number of halogens is 1. The number of nitrogens with zero attached hydrogens (tertiary/aromatic N) is 2. The number of benzene rings is 2. The van der Waals surface area contributed by atoms with Crippen LogP contribution >= 0.6 is 15.9 Å². The minimum Gasteiger partial charge on any atom is -0.507 e. The van der Waals surface area contributed by atoms with Crippen LogP contribution in [0.3, 0.4) is 0 Å². The Morgan fingerprint density at radius 2 is 1.91 bits per heavy atom. The third-order valence-corrected chi connectivity index (χ3v) is 6.10. The molecule has 1 aliphatic heterocycles. The molecular weight excluding hydrogens is 520 g/mol. The highest BCUT2D eigenvalue weighted by atomic mass is 79.9. The van der Waals surface area contributed by atoms with Crippen LogP contribution in [0, 0.1) is 6.92 Å². The van der Waals surface area contributed by atoms with Gasteiger partial charge in [0.1, 0.15) is 17.3 Å². The Labute approximate surface area is 209 Å². The number of aliphatic hydroxyl groups excluding tert-OH is 1. The summed E-state index contributed by atoms with van der Waals surface area (Å²) >= 11 is 3.28. The zero-order chi connectivity index (χ0) is 25.3. The molecule has 4 rings (SSSR count). The van der Waals surface area contributed by atoms with Crippen molar-refractivity contribution in [2.75, 3.05) is 18.6 Å². The number of aromatic nitrogens is 1. The van der Waals surface area contributed by atoms with Gasteiger partial charge in [0.2, 0.25) is 0 Å². The van der Waals surface area contributed by atoms with E-state index in [0.29, 0.717) is 29.2 Å². The Kier molecular flexibility index (Phi) is 6.83. The first kappa shape index (κ1) is 24.3. The highest BCUT2D eigenvalue weighted by molar-refractivity contribution is 9.10. The van der Waals surface area contributed by atoms with Gasteiger partial charge in [0.15, 0.2) is 17.3 Å². The molecule has 1 saturated heterocycles. The number of anilines is 1. The number of hydrogen-bond donors (Lipinski definition) is 2. The molecule has 0 saturated carbocycles. The van der Waals surface area contributed by atoms with E-state index < -0.39 is 17.7 Å². The summed E-state index contributed by atoms with van der Waals surface area (Å²) < 4.78 is 16.3. The first-order valence-corrected chi connectivity index (χ1v) is 11.6. The molecule has 2 N–H and O–H groups in total. The number of carbonyl (C=O) groups is 2. The molecule has 2 aromatic carbocycles. The molecule has 1 aliphatic rings. The van der Waals surface area contributed by atoms with Gasteiger partial charge in [-0.3, -0.25) is 14.5 Å². The summed E-state index contributed by atoms with van der Waals surface area (Å²) in [4.78, 5) is 27.5. The number of ketones is 1. The predicted molar refractivity (Wildman–Crippen MR) is 131 cm³/mol. The zero-order valence-electron chi connectivity index (χ0n) is 19.2. The predicted octanol–water partition coefficient (Wildman–Crippen LogP) is 4.87. The molecule has 3 aromatic rings. The Hall–Kier alpha value is -3.79. The largest absolute Gasteiger partial charge is 0.507 e. The average molecular weight is 543 g/mol. The fraction of sp³-hybridized carbons (Fsp3) is 0.240. The van der Waals surface area contributed by atoms with Gasteiger partial charge >= 0.3 is 5.91 Å². The lowest BCUT2D eigenvalue weighted by atomic mass is 9.95. The van der Waals surface area contributed by atoms with Crippen molar-refractivity contribution in [2.45, 2.75) is 26.3 Å². The van der Waals surface area contributed by atoms with Crippen molar-refractivity contribution >= 4 is 39.2 Å². The summed E-state index contributed by atoms with van der Waals surface area (Å²) in [5.74, 6) is -0.986. The van der Waals surface area contributed by atoms with E-state index in [4.69, 9.17) is 14.0 Å². The van der Waals surface area contributed by atoms with Gasteiger partial charge in [0.05, 0.1) is 29.8 Å². The highest BCUT2D eigenvalue weighted by Gasteiger charge is 2.48. The normalized spacial score (nSPS) is 17.1. The van der Waals surface area contributed by atoms with E-state index in [-0.39, 0.29) is 33.1 Å². The van der Waals surface area contributed by atoms with Crippen molar-refractivity contribution in [1.82, 2.24) is 5.16 Å². The molecule has 9 nitrogen and oxygen atoms in total. The molecule has 35 heavy (non-hydrogen) atoms. The number of aliphatic hydroxyl groups is 1. The number of methoxy groups -OCH3 is 1. The Morgan fingerprint density at radius 3 is 2.51 bits per heavy atom. The third kappa shape index (κ3) is 4.49. The van der Waals surface area contributed by atoms with Gasteiger partial charge in [0.25, 0.3) is 5.78 Å². The minimum absolute atomic E-state index is 0.111. The third-order valence-electron chi connectivity index (χ3n) is 5.49. The van der Waals surface area contributed by atoms with E-state index in [0.717, 1.165) is 11.3 Å². The van der Waals surface area contributed by atoms with Gasteiger partial charge in [-0.25, -0.2) is 0 Å². The van der Waals surface area contributed by atoms with E-state index in [1.807, 2.05) is 6.92 Å². The topological polar surface area (TPSA) is 122 Å². The molecule has 0 bridgehead atoms. The Morgan fingerprint density at radius 1 is 1.20 bits per heavy atom. The molecule has 1 aromatic heterocycles. The van der Waals surface area contributed by atoms with Gasteiger partial charge in [-0.2, -0.15) is 0 Å². The number of phenols is 1. The molecule has 10 heteroatoms. The average Bonchev–Trinajstić information content (AvgIpc) is 3.39. The summed E-state index contributed by atoms with van der Waals surface area (Å²) in [6.45, 7) is 4.20. The number of rotatable bonds is 7. The van der Waals surface area contributed by atoms with E-state index in [2.05, 4.69) is 21.1 Å². The minimum atomic E-state index is -1.07. The number of amides is 1. The maximum absolute atomic E-state index is 13.2. The summed E-state index contributed by atoms with van der Waals surface area (Å²) in [7, 11) is 1.38. The van der Waals surface area contributed by atoms with Gasteiger partial charge in [-0.1, -0.05) is 12.1 Å². The van der Waals surface area contributed by atoms with Crippen molar-refractivity contribution < 1.29 is 33.8 Å². The van der Waals surface area contributed by atoms with Crippen molar-refractivity contribution in [1.29, 1.82) is 0 Å². The standard InChI is InChI=1S/C25H23BrN2O7/c1-4-9-34-16-7-5-14(6-8-16)22(29)20-21(15-11-17(26)23(30)18(12-15)33-3)28(25(32)24(20)31)19-10-13(2)35-27-19/h5-8,10-12,21,29-30H,4,9H2,1-3H3/t21-/m1/s1. The van der Waals surface area contributed by atoms with Gasteiger partial charge < -0.3 is 24.2 Å². The second kappa shape index (κ2) is 9.83. The van der Waals surface area contributed by atoms with E-state index in [1.165, 1.54) is 19.2 Å². The molecule has 182 valence electrons. The lowest BCUT2D eigenvalue weighted by molar-refractivity contribution is -0.132. The number of carbonyl (C=O) groups excluding carboxylic acids is 2. The second-order valence-corrected chi connectivity index (χ2v) is 8.75. The van der Waals surface area contributed by atoms with Gasteiger partial charge in [0, 0.05) is 11.6 Å². The number of Topliss-reactive ketones (excluding diaryl/α,β-unsaturated/α-hetero) is 1. The molecular formula is C25H23BrN2O7. The van der Waals surface area contributed by atoms with Gasteiger partial charge in [-0.05, 0) is 71.2 Å². The Balaban J connectivity index is 1.90. The fourth-order valence-corrected chi connectivity index (χ4v) is 4.30. The first-order chi connectivity index (χ1) is 16.8. The van der Waals surface area contributed by atoms with Crippen LogP contribution in [-0.2, 0) is 9.59 Å². The summed E-state index contributed by atoms with van der Waals surface area (Å²) in [6, 6.07) is 10.1. The maximum Gasteiger partial charge on any atom is 0.301 e. The van der Waals surface area contributed by atoms with Crippen LogP contribution in [-0.4, -0.2) is 40.8 Å². The molecule has 1 atom stereocenters. The molecule has 2 heterocycles. The van der Waals surface area contributed by atoms with Crippen molar-refractivity contribution in [3.63, 3.8) is 0 Å². The smallest absolute Gasteiger partial charge is 0.301 e. The van der Waals surface area contributed by atoms with Crippen LogP contribution in [0.25, 0.3) is 5.76 Å². The highest BCUT2D eigenvalue weighted by Crippen LogP contribution is 2.45. The molecule has 0 aliphatic carbocycles. The molecule has 1 amide bonds. The van der Waals surface area contributed by atoms with Crippen LogP contribution in [0.4, 0.5) is 5.82 Å². The van der Waals surface area contributed by atoms with E-state index in [9.17, 15) is 19.8 Å². The number of hydrogen-bond acceptors (Lipinski definition) is 8. The van der Waals surface area contributed by atoms with E-state index >= 15 is 0 Å². The monoisotopic (exact) mass is 542 g/mol. The second-order valence-electron chi connectivity index (χ2n) is 7.89. The maximum atomic E-state index is 13.2. The first-order valence-electron chi connectivity index (χ1n) is 10.8. The molecule has 1 fully saturated rings. The number of phenolic OH excluding ortho intramolecular Hbond substituents is 1. The SMILES string of the molecule is CCCOc1ccc(C(O)=C2C(=O)C(=O)N(c3cc(C)on3)[C@@H]2c2cc(Br)c(O)c(OC)c2)cc1. The number of aromatic hydroxyl groups is 1. The Bertz CT molecular complexity index is 1310. The van der Waals surface area contributed by atoms with Crippen molar-refractivity contribution in [3.05, 3.63) is 69.4 Å². The fourth-order valence-electron chi connectivity index (χ4n) is 3.84. The summed E-state index contributed by atoms with van der Waals surface area (Å²) in [5, 5.41) is 25.4. The quantitative estimate of drug-likeness (QED) is 0.246. The number of ether oxygens (including phenoxy) is 2.